The maximum Gasteiger partial charge on any atom is 0.263 e. The first-order valence-electron chi connectivity index (χ1n) is 9.74. The number of nitrogens with zero attached hydrogens (tertiary/aromatic N) is 3. The van der Waals surface area contributed by atoms with Crippen LogP contribution in [0.1, 0.15) is 12.6 Å². The molecule has 160 valence electrons. The predicted octanol–water partition coefficient (Wildman–Crippen LogP) is 4.22. The van der Waals surface area contributed by atoms with Gasteiger partial charge in [0.2, 0.25) is 5.13 Å². The van der Waals surface area contributed by atoms with Crippen LogP contribution in [0, 0.1) is 6.92 Å². The van der Waals surface area contributed by atoms with E-state index in [0.717, 1.165) is 21.7 Å². The lowest BCUT2D eigenvalue weighted by atomic mass is 10.3. The second kappa shape index (κ2) is 9.05. The number of methoxy groups -OCH3 is 1. The maximum absolute atomic E-state index is 12.5. The largest absolute Gasteiger partial charge is 0.493 e. The summed E-state index contributed by atoms with van der Waals surface area (Å²) >= 11 is 1.47. The molecule has 1 N–H and O–H groups in total. The lowest BCUT2D eigenvalue weighted by Crippen LogP contribution is -2.22. The van der Waals surface area contributed by atoms with Crippen LogP contribution < -0.4 is 19.5 Å². The van der Waals surface area contributed by atoms with Gasteiger partial charge in [-0.3, -0.25) is 4.79 Å². The Morgan fingerprint density at radius 3 is 2.65 bits per heavy atom. The van der Waals surface area contributed by atoms with Crippen LogP contribution in [0.5, 0.6) is 17.2 Å². The zero-order valence-electron chi connectivity index (χ0n) is 17.4. The Balaban J connectivity index is 1.54. The number of carbonyl (C=O) groups is 1. The normalized spacial score (nSPS) is 10.8. The Bertz CT molecular complexity index is 1220. The fraction of sp³-hybridized carbons (Fsp3) is 0.227. The highest BCUT2D eigenvalue weighted by molar-refractivity contribution is 7.20. The molecule has 0 bridgehead atoms. The number of amides is 1. The molecule has 2 heterocycles. The molecular weight excluding hydrogens is 416 g/mol. The van der Waals surface area contributed by atoms with Crippen molar-refractivity contribution in [1.82, 2.24) is 14.8 Å². The van der Waals surface area contributed by atoms with E-state index in [4.69, 9.17) is 19.2 Å². The van der Waals surface area contributed by atoms with E-state index in [1.165, 1.54) is 11.3 Å². The van der Waals surface area contributed by atoms with Crippen molar-refractivity contribution in [2.24, 2.45) is 0 Å². The van der Waals surface area contributed by atoms with Crippen LogP contribution in [0.15, 0.2) is 48.5 Å². The zero-order chi connectivity index (χ0) is 21.8. The number of ether oxygens (including phenoxy) is 3. The van der Waals surface area contributed by atoms with Gasteiger partial charge in [0.15, 0.2) is 18.1 Å². The van der Waals surface area contributed by atoms with Gasteiger partial charge in [0.05, 0.1) is 24.1 Å². The van der Waals surface area contributed by atoms with E-state index in [1.807, 2.05) is 44.2 Å². The van der Waals surface area contributed by atoms with Crippen molar-refractivity contribution >= 4 is 33.3 Å². The third-order valence-electron chi connectivity index (χ3n) is 4.38. The van der Waals surface area contributed by atoms with E-state index in [0.29, 0.717) is 29.1 Å². The van der Waals surface area contributed by atoms with Crippen molar-refractivity contribution in [2.75, 3.05) is 25.6 Å². The van der Waals surface area contributed by atoms with Gasteiger partial charge in [-0.1, -0.05) is 29.5 Å². The monoisotopic (exact) mass is 438 g/mol. The first kappa shape index (κ1) is 20.7. The molecule has 0 aliphatic rings. The SMILES string of the molecule is CCOc1cccc2sc(-n3nc(C)cc3NC(=O)COc3ccccc3OC)nc12. The minimum Gasteiger partial charge on any atom is -0.493 e. The molecule has 0 atom stereocenters. The minimum absolute atomic E-state index is 0.168. The smallest absolute Gasteiger partial charge is 0.263 e. The second-order valence-electron chi connectivity index (χ2n) is 6.60. The Kier molecular flexibility index (Phi) is 6.03. The summed E-state index contributed by atoms with van der Waals surface area (Å²) in [5, 5.41) is 7.99. The maximum atomic E-state index is 12.5. The molecule has 0 fully saturated rings. The molecule has 0 radical (unpaired) electrons. The van der Waals surface area contributed by atoms with E-state index in [2.05, 4.69) is 10.4 Å². The van der Waals surface area contributed by atoms with E-state index in [-0.39, 0.29) is 12.5 Å². The quantitative estimate of drug-likeness (QED) is 0.443. The van der Waals surface area contributed by atoms with Gasteiger partial charge in [-0.15, -0.1) is 0 Å². The summed E-state index contributed by atoms with van der Waals surface area (Å²) in [6, 6.07) is 14.8. The number of anilines is 1. The summed E-state index contributed by atoms with van der Waals surface area (Å²) < 4.78 is 19.1. The molecule has 4 rings (SSSR count). The fourth-order valence-electron chi connectivity index (χ4n) is 3.07. The van der Waals surface area contributed by atoms with Gasteiger partial charge in [0.1, 0.15) is 17.1 Å². The number of thiazole rings is 1. The molecule has 1 amide bonds. The molecule has 9 heteroatoms. The van der Waals surface area contributed by atoms with Crippen LogP contribution in [0.2, 0.25) is 0 Å². The number of hydrogen-bond donors (Lipinski definition) is 1. The zero-order valence-corrected chi connectivity index (χ0v) is 18.2. The number of aryl methyl sites for hydroxylation is 1. The standard InChI is InChI=1S/C22H22N4O4S/c1-4-29-17-10-7-11-18-21(17)24-22(31-18)26-19(12-14(2)25-26)23-20(27)13-30-16-9-6-5-8-15(16)28-3/h5-12H,4,13H2,1-3H3,(H,23,27). The van der Waals surface area contributed by atoms with Crippen molar-refractivity contribution in [2.45, 2.75) is 13.8 Å². The fourth-order valence-corrected chi connectivity index (χ4v) is 4.02. The number of aromatic nitrogens is 3. The number of rotatable bonds is 8. The lowest BCUT2D eigenvalue weighted by molar-refractivity contribution is -0.118. The second-order valence-corrected chi connectivity index (χ2v) is 7.61. The predicted molar refractivity (Wildman–Crippen MR) is 120 cm³/mol. The van der Waals surface area contributed by atoms with Gasteiger partial charge in [-0.05, 0) is 38.1 Å². The molecule has 0 aliphatic heterocycles. The highest BCUT2D eigenvalue weighted by atomic mass is 32.1. The molecule has 0 spiro atoms. The van der Waals surface area contributed by atoms with Crippen molar-refractivity contribution in [1.29, 1.82) is 0 Å². The Morgan fingerprint density at radius 1 is 1.10 bits per heavy atom. The summed E-state index contributed by atoms with van der Waals surface area (Å²) in [5.41, 5.74) is 1.53. The highest BCUT2D eigenvalue weighted by Gasteiger charge is 2.17. The summed E-state index contributed by atoms with van der Waals surface area (Å²) in [5.74, 6) is 1.99. The molecular formula is C22H22N4O4S. The average molecular weight is 439 g/mol. The molecule has 31 heavy (non-hydrogen) atoms. The van der Waals surface area contributed by atoms with Crippen molar-refractivity contribution in [3.8, 4) is 22.4 Å². The summed E-state index contributed by atoms with van der Waals surface area (Å²) in [6.07, 6.45) is 0. The van der Waals surface area contributed by atoms with E-state index < -0.39 is 0 Å². The van der Waals surface area contributed by atoms with Crippen LogP contribution in [0.25, 0.3) is 15.3 Å². The van der Waals surface area contributed by atoms with Crippen molar-refractivity contribution < 1.29 is 19.0 Å². The van der Waals surface area contributed by atoms with Gasteiger partial charge < -0.3 is 19.5 Å². The topological polar surface area (TPSA) is 87.5 Å². The summed E-state index contributed by atoms with van der Waals surface area (Å²) in [4.78, 5) is 17.2. The van der Waals surface area contributed by atoms with Crippen LogP contribution in [0.3, 0.4) is 0 Å². The lowest BCUT2D eigenvalue weighted by Gasteiger charge is -2.10. The van der Waals surface area contributed by atoms with Gasteiger partial charge in [0, 0.05) is 6.07 Å². The number of benzene rings is 2. The molecule has 0 aliphatic carbocycles. The van der Waals surface area contributed by atoms with Gasteiger partial charge in [-0.2, -0.15) is 9.78 Å². The van der Waals surface area contributed by atoms with Gasteiger partial charge >= 0.3 is 0 Å². The molecule has 4 aromatic rings. The van der Waals surface area contributed by atoms with Crippen LogP contribution in [-0.2, 0) is 4.79 Å². The summed E-state index contributed by atoms with van der Waals surface area (Å²) in [6.45, 7) is 4.18. The van der Waals surface area contributed by atoms with Crippen LogP contribution in [0.4, 0.5) is 5.82 Å². The van der Waals surface area contributed by atoms with Crippen molar-refractivity contribution in [3.05, 3.63) is 54.2 Å². The molecule has 2 aromatic carbocycles. The Morgan fingerprint density at radius 2 is 1.87 bits per heavy atom. The third-order valence-corrected chi connectivity index (χ3v) is 5.37. The molecule has 0 saturated heterocycles. The number of para-hydroxylation sites is 3. The number of fused-ring (bicyclic) bond motifs is 1. The molecule has 0 saturated carbocycles. The van der Waals surface area contributed by atoms with Gasteiger partial charge in [0.25, 0.3) is 5.91 Å². The number of nitrogens with one attached hydrogen (secondary N) is 1. The molecule has 0 unspecified atom stereocenters. The Hall–Kier alpha value is -3.59. The van der Waals surface area contributed by atoms with E-state index in [1.54, 1.807) is 30.0 Å². The number of carbonyl (C=O) groups excluding carboxylic acids is 1. The van der Waals surface area contributed by atoms with Gasteiger partial charge in [-0.25, -0.2) is 4.98 Å². The summed E-state index contributed by atoms with van der Waals surface area (Å²) in [7, 11) is 1.55. The van der Waals surface area contributed by atoms with Crippen LogP contribution >= 0.6 is 11.3 Å². The minimum atomic E-state index is -0.317. The third kappa shape index (κ3) is 4.46. The van der Waals surface area contributed by atoms with Crippen molar-refractivity contribution in [3.63, 3.8) is 0 Å². The average Bonchev–Trinajstić information content (AvgIpc) is 3.36. The Labute approximate surface area is 183 Å². The van der Waals surface area contributed by atoms with E-state index >= 15 is 0 Å². The van der Waals surface area contributed by atoms with E-state index in [9.17, 15) is 4.79 Å². The first-order chi connectivity index (χ1) is 15.1. The number of hydrogen-bond acceptors (Lipinski definition) is 7. The first-order valence-corrected chi connectivity index (χ1v) is 10.6. The van der Waals surface area contributed by atoms with Crippen LogP contribution in [-0.4, -0.2) is 41.0 Å². The molecule has 8 nitrogen and oxygen atoms in total. The molecule has 2 aromatic heterocycles. The highest BCUT2D eigenvalue weighted by Crippen LogP contribution is 2.32.